The summed E-state index contributed by atoms with van der Waals surface area (Å²) >= 11 is 5.99. The van der Waals surface area contributed by atoms with Gasteiger partial charge in [0, 0.05) is 16.6 Å². The van der Waals surface area contributed by atoms with Gasteiger partial charge in [0.1, 0.15) is 6.04 Å². The summed E-state index contributed by atoms with van der Waals surface area (Å²) in [6.45, 7) is 4.00. The second kappa shape index (κ2) is 4.99. The smallest absolute Gasteiger partial charge is 0.123 e. The fourth-order valence-electron chi connectivity index (χ4n) is 1.24. The molecule has 0 saturated carbocycles. The summed E-state index contributed by atoms with van der Waals surface area (Å²) in [6.07, 6.45) is 0. The van der Waals surface area contributed by atoms with Crippen molar-refractivity contribution in [1.82, 2.24) is 5.32 Å². The minimum absolute atomic E-state index is 0.260. The first-order valence-corrected chi connectivity index (χ1v) is 4.93. The predicted molar refractivity (Wildman–Crippen MR) is 58.1 cm³/mol. The molecule has 1 aromatic rings. The summed E-state index contributed by atoms with van der Waals surface area (Å²) in [5.41, 5.74) is 0.838. The normalized spacial score (nSPS) is 12.5. The van der Waals surface area contributed by atoms with Crippen LogP contribution in [0.3, 0.4) is 0 Å². The molecule has 14 heavy (non-hydrogen) atoms. The standard InChI is InChI=1S/C11H13ClN2/c1-8(2)14-11(7-13)9-5-3-4-6-10(9)12/h3-6,8,11,14H,1-2H3. The van der Waals surface area contributed by atoms with Gasteiger partial charge in [-0.05, 0) is 19.9 Å². The van der Waals surface area contributed by atoms with Crippen LogP contribution in [0.4, 0.5) is 0 Å². The van der Waals surface area contributed by atoms with Gasteiger partial charge < -0.3 is 0 Å². The first-order chi connectivity index (χ1) is 6.65. The van der Waals surface area contributed by atoms with Gasteiger partial charge in [-0.3, -0.25) is 5.32 Å². The molecule has 1 aromatic carbocycles. The van der Waals surface area contributed by atoms with Crippen molar-refractivity contribution in [1.29, 1.82) is 5.26 Å². The van der Waals surface area contributed by atoms with Gasteiger partial charge in [-0.1, -0.05) is 29.8 Å². The number of nitriles is 1. The molecule has 1 N–H and O–H groups in total. The van der Waals surface area contributed by atoms with Crippen LogP contribution < -0.4 is 5.32 Å². The lowest BCUT2D eigenvalue weighted by molar-refractivity contribution is 0.546. The van der Waals surface area contributed by atoms with Gasteiger partial charge in [-0.15, -0.1) is 0 Å². The van der Waals surface area contributed by atoms with Crippen molar-refractivity contribution in [2.45, 2.75) is 25.9 Å². The molecule has 1 rings (SSSR count). The zero-order valence-corrected chi connectivity index (χ0v) is 9.05. The highest BCUT2D eigenvalue weighted by Crippen LogP contribution is 2.22. The summed E-state index contributed by atoms with van der Waals surface area (Å²) in [6, 6.07) is 9.53. The van der Waals surface area contributed by atoms with Crippen molar-refractivity contribution in [3.05, 3.63) is 34.9 Å². The monoisotopic (exact) mass is 208 g/mol. The molecule has 0 amide bonds. The maximum Gasteiger partial charge on any atom is 0.123 e. The van der Waals surface area contributed by atoms with E-state index < -0.39 is 0 Å². The Morgan fingerprint density at radius 1 is 1.36 bits per heavy atom. The molecule has 0 heterocycles. The van der Waals surface area contributed by atoms with Crippen LogP contribution in [0.5, 0.6) is 0 Å². The van der Waals surface area contributed by atoms with Crippen molar-refractivity contribution < 1.29 is 0 Å². The number of nitrogens with one attached hydrogen (secondary N) is 1. The fourth-order valence-corrected chi connectivity index (χ4v) is 1.48. The molecule has 1 unspecified atom stereocenters. The van der Waals surface area contributed by atoms with Crippen molar-refractivity contribution in [3.63, 3.8) is 0 Å². The highest BCUT2D eigenvalue weighted by Gasteiger charge is 2.13. The molecular formula is C11H13ClN2. The van der Waals surface area contributed by atoms with Gasteiger partial charge in [0.15, 0.2) is 0 Å². The van der Waals surface area contributed by atoms with E-state index in [4.69, 9.17) is 16.9 Å². The first-order valence-electron chi connectivity index (χ1n) is 4.55. The number of benzene rings is 1. The highest BCUT2D eigenvalue weighted by atomic mass is 35.5. The van der Waals surface area contributed by atoms with E-state index in [0.717, 1.165) is 5.56 Å². The Balaban J connectivity index is 2.91. The maximum absolute atomic E-state index is 8.98. The molecule has 0 radical (unpaired) electrons. The topological polar surface area (TPSA) is 35.8 Å². The molecule has 0 aliphatic heterocycles. The van der Waals surface area contributed by atoms with E-state index in [1.807, 2.05) is 32.0 Å². The molecule has 74 valence electrons. The molecule has 2 nitrogen and oxygen atoms in total. The van der Waals surface area contributed by atoms with Crippen molar-refractivity contribution in [3.8, 4) is 6.07 Å². The van der Waals surface area contributed by atoms with Gasteiger partial charge in [0.25, 0.3) is 0 Å². The van der Waals surface area contributed by atoms with Crippen LogP contribution in [-0.2, 0) is 0 Å². The van der Waals surface area contributed by atoms with E-state index in [2.05, 4.69) is 11.4 Å². The van der Waals surface area contributed by atoms with E-state index in [1.165, 1.54) is 0 Å². The molecule has 0 fully saturated rings. The third kappa shape index (κ3) is 2.73. The molecule has 3 heteroatoms. The van der Waals surface area contributed by atoms with E-state index in [-0.39, 0.29) is 12.1 Å². The Morgan fingerprint density at radius 2 is 2.00 bits per heavy atom. The highest BCUT2D eigenvalue weighted by molar-refractivity contribution is 6.31. The largest absolute Gasteiger partial charge is 0.296 e. The van der Waals surface area contributed by atoms with Gasteiger partial charge in [0.05, 0.1) is 6.07 Å². The Hall–Kier alpha value is -1.04. The quantitative estimate of drug-likeness (QED) is 0.829. The maximum atomic E-state index is 8.98. The fraction of sp³-hybridized carbons (Fsp3) is 0.364. The Kier molecular flexibility index (Phi) is 3.94. The van der Waals surface area contributed by atoms with Crippen LogP contribution in [0.15, 0.2) is 24.3 Å². The van der Waals surface area contributed by atoms with Crippen LogP contribution in [0, 0.1) is 11.3 Å². The van der Waals surface area contributed by atoms with E-state index in [1.54, 1.807) is 6.07 Å². The summed E-state index contributed by atoms with van der Waals surface area (Å²) in [4.78, 5) is 0. The lowest BCUT2D eigenvalue weighted by Gasteiger charge is -2.15. The van der Waals surface area contributed by atoms with Crippen LogP contribution in [-0.4, -0.2) is 6.04 Å². The summed E-state index contributed by atoms with van der Waals surface area (Å²) in [7, 11) is 0. The average molecular weight is 209 g/mol. The van der Waals surface area contributed by atoms with Crippen molar-refractivity contribution >= 4 is 11.6 Å². The molecule has 1 atom stereocenters. The minimum Gasteiger partial charge on any atom is -0.296 e. The molecule has 0 saturated heterocycles. The minimum atomic E-state index is -0.330. The SMILES string of the molecule is CC(C)NC(C#N)c1ccccc1Cl. The lowest BCUT2D eigenvalue weighted by atomic mass is 10.1. The Labute approximate surface area is 89.5 Å². The summed E-state index contributed by atoms with van der Waals surface area (Å²) in [5, 5.41) is 12.8. The van der Waals surface area contributed by atoms with E-state index >= 15 is 0 Å². The van der Waals surface area contributed by atoms with Gasteiger partial charge in [-0.25, -0.2) is 0 Å². The van der Waals surface area contributed by atoms with Gasteiger partial charge in [-0.2, -0.15) is 5.26 Å². The van der Waals surface area contributed by atoms with E-state index in [9.17, 15) is 0 Å². The first kappa shape index (κ1) is 11.0. The van der Waals surface area contributed by atoms with Crippen molar-refractivity contribution in [2.75, 3.05) is 0 Å². The average Bonchev–Trinajstić information content (AvgIpc) is 2.15. The molecule has 0 bridgehead atoms. The second-order valence-electron chi connectivity index (χ2n) is 3.40. The van der Waals surface area contributed by atoms with Gasteiger partial charge in [0.2, 0.25) is 0 Å². The predicted octanol–water partition coefficient (Wildman–Crippen LogP) is 2.90. The zero-order valence-electron chi connectivity index (χ0n) is 8.29. The Morgan fingerprint density at radius 3 is 2.50 bits per heavy atom. The second-order valence-corrected chi connectivity index (χ2v) is 3.81. The Bertz CT molecular complexity index is 341. The number of rotatable bonds is 3. The summed E-state index contributed by atoms with van der Waals surface area (Å²) < 4.78 is 0. The summed E-state index contributed by atoms with van der Waals surface area (Å²) in [5.74, 6) is 0. The third-order valence-electron chi connectivity index (χ3n) is 1.85. The molecule has 0 aromatic heterocycles. The molecule has 0 aliphatic carbocycles. The number of hydrogen-bond acceptors (Lipinski definition) is 2. The zero-order chi connectivity index (χ0) is 10.6. The molecular weight excluding hydrogens is 196 g/mol. The van der Waals surface area contributed by atoms with Crippen LogP contribution in [0.1, 0.15) is 25.5 Å². The molecule has 0 aliphatic rings. The van der Waals surface area contributed by atoms with Crippen LogP contribution >= 0.6 is 11.6 Å². The number of hydrogen-bond donors (Lipinski definition) is 1. The number of nitrogens with zero attached hydrogens (tertiary/aromatic N) is 1. The van der Waals surface area contributed by atoms with Crippen molar-refractivity contribution in [2.24, 2.45) is 0 Å². The molecule has 0 spiro atoms. The number of halogens is 1. The van der Waals surface area contributed by atoms with E-state index in [0.29, 0.717) is 5.02 Å². The van der Waals surface area contributed by atoms with Crippen LogP contribution in [0.2, 0.25) is 5.02 Å². The van der Waals surface area contributed by atoms with Gasteiger partial charge >= 0.3 is 0 Å². The lowest BCUT2D eigenvalue weighted by Crippen LogP contribution is -2.27. The van der Waals surface area contributed by atoms with Crippen LogP contribution in [0.25, 0.3) is 0 Å². The third-order valence-corrected chi connectivity index (χ3v) is 2.19.